The summed E-state index contributed by atoms with van der Waals surface area (Å²) >= 11 is 0. The van der Waals surface area contributed by atoms with Crippen molar-refractivity contribution in [1.82, 2.24) is 0 Å². The molecule has 11 heteroatoms. The van der Waals surface area contributed by atoms with Gasteiger partial charge in [0.25, 0.3) is 0 Å². The average molecular weight is 249 g/mol. The summed E-state index contributed by atoms with van der Waals surface area (Å²) < 4.78 is 0. The molecule has 0 heterocycles. The Morgan fingerprint density at radius 3 is 0.818 bits per heavy atom. The summed E-state index contributed by atoms with van der Waals surface area (Å²) in [4.78, 5) is 16.5. The van der Waals surface area contributed by atoms with Crippen LogP contribution in [0.3, 0.4) is 0 Å². The molecule has 0 fully saturated rings. The van der Waals surface area contributed by atoms with E-state index in [-0.39, 0.29) is 37.2 Å². The van der Waals surface area contributed by atoms with Crippen LogP contribution in [0, 0.1) is 30.6 Å². The first-order chi connectivity index (χ1) is 3.46. The van der Waals surface area contributed by atoms with E-state index >= 15 is 0 Å². The van der Waals surface area contributed by atoms with E-state index in [1.165, 1.54) is 0 Å². The van der Waals surface area contributed by atoms with Gasteiger partial charge in [0.05, 0.1) is 10.2 Å². The topological polar surface area (TPSA) is 192 Å². The van der Waals surface area contributed by atoms with Crippen LogP contribution >= 0.6 is 0 Å². The van der Waals surface area contributed by atoms with Gasteiger partial charge >= 0.3 is 0 Å². The first-order valence-electron chi connectivity index (χ1n) is 1.10. The fourth-order valence-corrected chi connectivity index (χ4v) is 0. The van der Waals surface area contributed by atoms with Crippen molar-refractivity contribution >= 4 is 0 Å². The quantitative estimate of drug-likeness (QED) is 0.373. The normalized spacial score (nSPS) is 4.36. The second-order valence-corrected chi connectivity index (χ2v) is 0.447. The van der Waals surface area contributed by atoms with Gasteiger partial charge in [0.1, 0.15) is 0 Å². The van der Waals surface area contributed by atoms with Gasteiger partial charge in [0, 0.05) is 26.2 Å². The predicted molar refractivity (Wildman–Crippen MR) is 25.0 cm³/mol. The summed E-state index contributed by atoms with van der Waals surface area (Å²) in [5.74, 6) is 0. The van der Waals surface area contributed by atoms with Crippen LogP contribution in [0.5, 0.6) is 0 Å². The van der Waals surface area contributed by atoms with E-state index in [1.54, 1.807) is 0 Å². The summed E-state index contributed by atoms with van der Waals surface area (Å²) in [6, 6.07) is 0. The molecule has 2 N–H and O–H groups in total. The molecule has 0 spiro atoms. The minimum atomic E-state index is -1.75. The molecule has 11 heavy (non-hydrogen) atoms. The summed E-state index contributed by atoms with van der Waals surface area (Å²) in [7, 11) is 0. The molecule has 0 atom stereocenters. The molecule has 0 amide bonds. The van der Waals surface area contributed by atoms with Crippen LogP contribution in [0.25, 0.3) is 0 Å². The Morgan fingerprint density at radius 2 is 0.818 bits per heavy atom. The molecular weight excluding hydrogens is 247 g/mol. The molecule has 0 radical (unpaired) electrons. The Balaban J connectivity index is -0.0000000171. The van der Waals surface area contributed by atoms with Crippen molar-refractivity contribution in [1.29, 1.82) is 0 Å². The van der Waals surface area contributed by atoms with E-state index in [4.69, 9.17) is 30.6 Å². The van der Waals surface area contributed by atoms with E-state index in [0.717, 1.165) is 0 Å². The second-order valence-electron chi connectivity index (χ2n) is 0.447. The van der Waals surface area contributed by atoms with E-state index in [1.807, 2.05) is 0 Å². The molecule has 0 aliphatic carbocycles. The van der Waals surface area contributed by atoms with Gasteiger partial charge in [0.2, 0.25) is 0 Å². The van der Waals surface area contributed by atoms with Gasteiger partial charge in [-0.15, -0.1) is 0 Å². The molecule has 0 unspecified atom stereocenters. The number of nitrogens with zero attached hydrogens (tertiary/aromatic N) is 2. The predicted octanol–water partition coefficient (Wildman–Crippen LogP) is -1.42. The molecule has 0 rings (SSSR count). The minimum Gasteiger partial charge on any atom is -2.00 e. The third-order valence-electron chi connectivity index (χ3n) is 0. The summed E-state index contributed by atoms with van der Waals surface area (Å²) in [6.45, 7) is 0. The summed E-state index contributed by atoms with van der Waals surface area (Å²) in [5, 5.41) is 29.5. The first kappa shape index (κ1) is 31.9. The van der Waals surface area contributed by atoms with Crippen molar-refractivity contribution < 1.29 is 47.3 Å². The third kappa shape index (κ3) is 752. The van der Waals surface area contributed by atoms with E-state index < -0.39 is 10.2 Å². The van der Waals surface area contributed by atoms with Crippen LogP contribution in [-0.4, -0.2) is 15.6 Å². The number of hydrogen-bond acceptors (Lipinski definition) is 6. The van der Waals surface area contributed by atoms with Crippen LogP contribution in [0.2, 0.25) is 0 Å². The average Bonchev–Trinajstić information content (AvgIpc) is 1.25. The number of hydrogen-bond donors (Lipinski definition) is 0. The summed E-state index contributed by atoms with van der Waals surface area (Å²) in [6.07, 6.45) is 0. The fourth-order valence-electron chi connectivity index (χ4n) is 0. The first-order valence-corrected chi connectivity index (χ1v) is 1.10. The van der Waals surface area contributed by atoms with Crippen LogP contribution < -0.4 is 0 Å². The zero-order valence-corrected chi connectivity index (χ0v) is 7.21. The fraction of sp³-hybridized carbons (Fsp3) is 0. The molecule has 10 nitrogen and oxygen atoms in total. The molecule has 0 aromatic carbocycles. The zero-order valence-electron chi connectivity index (χ0n) is 4.75. The Morgan fingerprint density at radius 1 is 0.818 bits per heavy atom. The molecule has 68 valence electrons. The van der Waals surface area contributed by atoms with Crippen molar-refractivity contribution in [2.75, 3.05) is 0 Å². The van der Waals surface area contributed by atoms with Crippen LogP contribution in [-0.2, 0) is 31.7 Å². The van der Waals surface area contributed by atoms with Crippen LogP contribution in [0.15, 0.2) is 0 Å². The maximum Gasteiger partial charge on any atom is 0.0689 e. The molecule has 0 aromatic rings. The van der Waals surface area contributed by atoms with E-state index in [2.05, 4.69) is 0 Å². The molecule has 0 aliphatic heterocycles. The van der Waals surface area contributed by atoms with Crippen LogP contribution in [0.4, 0.5) is 0 Å². The molecule has 0 saturated carbocycles. The molecule has 0 bridgehead atoms. The molecule has 0 aliphatic rings. The smallest absolute Gasteiger partial charge is 0.0689 e. The monoisotopic (exact) mass is 248 g/mol. The maximum absolute atomic E-state index is 8.25. The van der Waals surface area contributed by atoms with Crippen LogP contribution in [0.1, 0.15) is 0 Å². The van der Waals surface area contributed by atoms with Gasteiger partial charge in [0.15, 0.2) is 0 Å². The number of rotatable bonds is 0. The Kier molecular flexibility index (Phi) is 66.4. The van der Waals surface area contributed by atoms with Crippen molar-refractivity contribution in [3.05, 3.63) is 30.6 Å². The second kappa shape index (κ2) is 22.9. The van der Waals surface area contributed by atoms with Gasteiger partial charge in [-0.05, 0) is 0 Å². The molecule has 0 saturated heterocycles. The Labute approximate surface area is 78.4 Å². The van der Waals surface area contributed by atoms with E-state index in [9.17, 15) is 0 Å². The van der Waals surface area contributed by atoms with Gasteiger partial charge in [-0.3, -0.25) is 0 Å². The van der Waals surface area contributed by atoms with Crippen molar-refractivity contribution in [3.63, 3.8) is 0 Å². The van der Waals surface area contributed by atoms with Gasteiger partial charge < -0.3 is 41.6 Å². The largest absolute Gasteiger partial charge is 2.00 e. The summed E-state index contributed by atoms with van der Waals surface area (Å²) in [5.41, 5.74) is 0. The maximum atomic E-state index is 8.25. The molecular formula is H2N2O8Zr-4. The van der Waals surface area contributed by atoms with Gasteiger partial charge in [-0.25, -0.2) is 0 Å². The van der Waals surface area contributed by atoms with Gasteiger partial charge in [-0.1, -0.05) is 0 Å². The third-order valence-corrected chi connectivity index (χ3v) is 0. The Hall–Kier alpha value is -0.797. The van der Waals surface area contributed by atoms with Gasteiger partial charge in [-0.2, -0.15) is 0 Å². The molecule has 0 aromatic heterocycles. The van der Waals surface area contributed by atoms with Crippen molar-refractivity contribution in [2.45, 2.75) is 0 Å². The standard InChI is InChI=1S/2NO3.H2O.O.Zr/c2*2-1(3)4;;;/h;;1H2;;/q2*-1;;-2;. The van der Waals surface area contributed by atoms with Crippen molar-refractivity contribution in [3.8, 4) is 0 Å². The SMILES string of the molecule is O.O=[N+]([O-])[O-].O=[N+]([O-])[O-].[O-2].[Zr]. The Bertz CT molecular complexity index is 70.1. The minimum absolute atomic E-state index is 0. The van der Waals surface area contributed by atoms with Crippen molar-refractivity contribution in [2.24, 2.45) is 0 Å². The zero-order chi connectivity index (χ0) is 7.15. The van der Waals surface area contributed by atoms with E-state index in [0.29, 0.717) is 0 Å².